The number of nitrogens with one attached hydrogen (secondary N) is 1. The van der Waals surface area contributed by atoms with Crippen molar-refractivity contribution in [1.29, 1.82) is 0 Å². The van der Waals surface area contributed by atoms with Crippen LogP contribution in [0.4, 0.5) is 0 Å². The highest BCUT2D eigenvalue weighted by molar-refractivity contribution is 5.70. The smallest absolute Gasteiger partial charge is 0.308 e. The first-order chi connectivity index (χ1) is 7.27. The number of aromatic nitrogens is 2. The van der Waals surface area contributed by atoms with E-state index in [1.807, 2.05) is 27.7 Å². The lowest BCUT2D eigenvalue weighted by atomic mass is 9.89. The third-order valence-electron chi connectivity index (χ3n) is 2.45. The molecule has 0 aliphatic carbocycles. The van der Waals surface area contributed by atoms with E-state index in [-0.39, 0.29) is 17.4 Å². The van der Waals surface area contributed by atoms with Gasteiger partial charge < -0.3 is 5.11 Å². The van der Waals surface area contributed by atoms with Crippen molar-refractivity contribution in [2.24, 2.45) is 0 Å². The lowest BCUT2D eigenvalue weighted by Crippen LogP contribution is -2.21. The predicted octanol–water partition coefficient (Wildman–Crippen LogP) is 1.12. The number of carboxylic acid groups (broad SMARTS) is 1. The monoisotopic (exact) mass is 226 g/mol. The molecule has 0 radical (unpaired) electrons. The molecule has 0 aliphatic heterocycles. The molecule has 1 heterocycles. The zero-order valence-electron chi connectivity index (χ0n) is 10.1. The van der Waals surface area contributed by atoms with Gasteiger partial charge in [0.25, 0.3) is 5.56 Å². The fraction of sp³-hybridized carbons (Fsp3) is 0.636. The van der Waals surface area contributed by atoms with E-state index >= 15 is 0 Å². The van der Waals surface area contributed by atoms with Gasteiger partial charge in [-0.05, 0) is 6.92 Å². The Morgan fingerprint density at radius 3 is 2.38 bits per heavy atom. The zero-order valence-corrected chi connectivity index (χ0v) is 10.1. The minimum Gasteiger partial charge on any atom is -0.481 e. The maximum atomic E-state index is 11.9. The molecule has 1 aromatic rings. The molecule has 0 atom stereocenters. The van der Waals surface area contributed by atoms with Crippen LogP contribution in [0.5, 0.6) is 0 Å². The lowest BCUT2D eigenvalue weighted by Gasteiger charge is -2.17. The second kappa shape index (κ2) is 4.15. The highest BCUT2D eigenvalue weighted by Crippen LogP contribution is 2.22. The highest BCUT2D eigenvalue weighted by atomic mass is 16.4. The summed E-state index contributed by atoms with van der Waals surface area (Å²) in [6.07, 6.45) is -0.227. The molecule has 0 amide bonds. The van der Waals surface area contributed by atoms with E-state index in [0.717, 1.165) is 0 Å². The molecule has 0 saturated heterocycles. The lowest BCUT2D eigenvalue weighted by molar-refractivity contribution is -0.136. The summed E-state index contributed by atoms with van der Waals surface area (Å²) in [5.41, 5.74) is 0.586. The van der Waals surface area contributed by atoms with Crippen LogP contribution in [0.3, 0.4) is 0 Å². The largest absolute Gasteiger partial charge is 0.481 e. The Balaban J connectivity index is 3.37. The van der Waals surface area contributed by atoms with Crippen LogP contribution >= 0.6 is 0 Å². The van der Waals surface area contributed by atoms with E-state index in [1.54, 1.807) is 0 Å². The summed E-state index contributed by atoms with van der Waals surface area (Å²) in [5.74, 6) is -0.982. The van der Waals surface area contributed by atoms with Crippen LogP contribution in [0.2, 0.25) is 0 Å². The standard InChI is InChI=1S/C11H18N2O3/c1-5-13-10(16)7(6-8(14)15)9(12-13)11(2,3)4/h12H,5-6H2,1-4H3,(H,14,15). The maximum Gasteiger partial charge on any atom is 0.308 e. The van der Waals surface area contributed by atoms with Gasteiger partial charge in [-0.1, -0.05) is 20.8 Å². The third kappa shape index (κ3) is 2.35. The fourth-order valence-electron chi connectivity index (χ4n) is 1.68. The molecule has 0 aliphatic rings. The van der Waals surface area contributed by atoms with Gasteiger partial charge in [0.05, 0.1) is 12.0 Å². The summed E-state index contributed by atoms with van der Waals surface area (Å²) >= 11 is 0. The Labute approximate surface area is 94.1 Å². The average molecular weight is 226 g/mol. The Bertz CT molecular complexity index is 449. The molecule has 5 heteroatoms. The van der Waals surface area contributed by atoms with Crippen LogP contribution in [0, 0.1) is 0 Å². The molecule has 0 unspecified atom stereocenters. The van der Waals surface area contributed by atoms with Crippen molar-refractivity contribution in [2.45, 2.75) is 46.1 Å². The Morgan fingerprint density at radius 2 is 2.00 bits per heavy atom. The molecular formula is C11H18N2O3. The van der Waals surface area contributed by atoms with Gasteiger partial charge in [-0.3, -0.25) is 19.4 Å². The number of rotatable bonds is 3. The van der Waals surface area contributed by atoms with Gasteiger partial charge in [0.1, 0.15) is 0 Å². The van der Waals surface area contributed by atoms with Crippen molar-refractivity contribution in [3.05, 3.63) is 21.6 Å². The minimum atomic E-state index is -0.982. The molecule has 0 saturated carbocycles. The van der Waals surface area contributed by atoms with Gasteiger partial charge in [-0.15, -0.1) is 0 Å². The predicted molar refractivity (Wildman–Crippen MR) is 60.8 cm³/mol. The van der Waals surface area contributed by atoms with Crippen LogP contribution in [0.15, 0.2) is 4.79 Å². The fourth-order valence-corrected chi connectivity index (χ4v) is 1.68. The molecule has 0 aromatic carbocycles. The second-order valence-electron chi connectivity index (χ2n) is 4.84. The van der Waals surface area contributed by atoms with E-state index in [4.69, 9.17) is 5.11 Å². The Kier molecular flexibility index (Phi) is 3.26. The first-order valence-corrected chi connectivity index (χ1v) is 5.31. The number of aryl methyl sites for hydroxylation is 1. The SMILES string of the molecule is CCn1[nH]c(C(C)(C)C)c(CC(=O)O)c1=O. The van der Waals surface area contributed by atoms with E-state index in [9.17, 15) is 9.59 Å². The van der Waals surface area contributed by atoms with Gasteiger partial charge in [0, 0.05) is 17.7 Å². The van der Waals surface area contributed by atoms with Crippen molar-refractivity contribution in [3.8, 4) is 0 Å². The number of hydrogen-bond acceptors (Lipinski definition) is 2. The number of aromatic amines is 1. The molecule has 2 N–H and O–H groups in total. The number of carboxylic acids is 1. The van der Waals surface area contributed by atoms with Gasteiger partial charge in [-0.2, -0.15) is 0 Å². The summed E-state index contributed by atoms with van der Waals surface area (Å²) in [7, 11) is 0. The van der Waals surface area contributed by atoms with Gasteiger partial charge in [0.15, 0.2) is 0 Å². The van der Waals surface area contributed by atoms with Crippen molar-refractivity contribution in [2.75, 3.05) is 0 Å². The summed E-state index contributed by atoms with van der Waals surface area (Å²) in [6.45, 7) is 8.20. The molecule has 16 heavy (non-hydrogen) atoms. The van der Waals surface area contributed by atoms with E-state index in [2.05, 4.69) is 5.10 Å². The van der Waals surface area contributed by atoms with Gasteiger partial charge in [0.2, 0.25) is 0 Å². The second-order valence-corrected chi connectivity index (χ2v) is 4.84. The summed E-state index contributed by atoms with van der Waals surface area (Å²) in [5, 5.41) is 11.8. The first kappa shape index (κ1) is 12.5. The number of nitrogens with zero attached hydrogens (tertiary/aromatic N) is 1. The summed E-state index contributed by atoms with van der Waals surface area (Å²) in [4.78, 5) is 22.6. The molecule has 0 spiro atoms. The van der Waals surface area contributed by atoms with Crippen molar-refractivity contribution >= 4 is 5.97 Å². The number of hydrogen-bond donors (Lipinski definition) is 2. The minimum absolute atomic E-state index is 0.227. The average Bonchev–Trinajstić information content (AvgIpc) is 2.42. The van der Waals surface area contributed by atoms with Crippen molar-refractivity contribution < 1.29 is 9.90 Å². The van der Waals surface area contributed by atoms with Crippen LogP contribution in [-0.2, 0) is 23.2 Å². The quantitative estimate of drug-likeness (QED) is 0.811. The number of carbonyl (C=O) groups is 1. The molecule has 1 rings (SSSR count). The van der Waals surface area contributed by atoms with E-state index < -0.39 is 5.97 Å². The van der Waals surface area contributed by atoms with Gasteiger partial charge in [-0.25, -0.2) is 0 Å². The van der Waals surface area contributed by atoms with Crippen LogP contribution in [-0.4, -0.2) is 20.9 Å². The molecular weight excluding hydrogens is 208 g/mol. The maximum absolute atomic E-state index is 11.9. The van der Waals surface area contributed by atoms with Crippen LogP contribution < -0.4 is 5.56 Å². The molecule has 90 valence electrons. The third-order valence-corrected chi connectivity index (χ3v) is 2.45. The summed E-state index contributed by atoms with van der Waals surface area (Å²) in [6, 6.07) is 0. The number of H-pyrrole nitrogens is 1. The highest BCUT2D eigenvalue weighted by Gasteiger charge is 2.25. The molecule has 1 aromatic heterocycles. The number of aliphatic carboxylic acids is 1. The summed E-state index contributed by atoms with van der Waals surface area (Å²) < 4.78 is 1.44. The Morgan fingerprint density at radius 1 is 1.44 bits per heavy atom. The molecule has 5 nitrogen and oxygen atoms in total. The van der Waals surface area contributed by atoms with E-state index in [1.165, 1.54) is 4.68 Å². The topological polar surface area (TPSA) is 75.1 Å². The first-order valence-electron chi connectivity index (χ1n) is 5.31. The normalized spacial score (nSPS) is 11.8. The zero-order chi connectivity index (χ0) is 12.5. The molecule has 0 fully saturated rings. The van der Waals surface area contributed by atoms with E-state index in [0.29, 0.717) is 17.8 Å². The van der Waals surface area contributed by atoms with Gasteiger partial charge >= 0.3 is 5.97 Å². The van der Waals surface area contributed by atoms with Crippen LogP contribution in [0.1, 0.15) is 39.0 Å². The van der Waals surface area contributed by atoms with Crippen molar-refractivity contribution in [3.63, 3.8) is 0 Å². The van der Waals surface area contributed by atoms with Crippen LogP contribution in [0.25, 0.3) is 0 Å². The Hall–Kier alpha value is -1.52. The molecule has 0 bridgehead atoms. The van der Waals surface area contributed by atoms with Crippen molar-refractivity contribution in [1.82, 2.24) is 9.78 Å².